The molecule has 2 N–H and O–H groups in total. The summed E-state index contributed by atoms with van der Waals surface area (Å²) in [5.41, 5.74) is 0.793. The van der Waals surface area contributed by atoms with Crippen molar-refractivity contribution >= 4 is 11.8 Å². The molecule has 1 heterocycles. The molecule has 2 rings (SSSR count). The SMILES string of the molecule is CONC(=O)CN1CCC(CNC(=O)c2cc(CF)cc(C(F)(F)F)c2)CC1. The monoisotopic (exact) mass is 405 g/mol. The summed E-state index contributed by atoms with van der Waals surface area (Å²) in [6.45, 7) is 0.751. The lowest BCUT2D eigenvalue weighted by atomic mass is 9.96. The summed E-state index contributed by atoms with van der Waals surface area (Å²) in [7, 11) is 1.35. The lowest BCUT2D eigenvalue weighted by Gasteiger charge is -2.31. The molecule has 1 aliphatic rings. The van der Waals surface area contributed by atoms with Crippen LogP contribution in [-0.4, -0.2) is 50.0 Å². The Morgan fingerprint density at radius 3 is 2.46 bits per heavy atom. The van der Waals surface area contributed by atoms with Crippen LogP contribution in [0.5, 0.6) is 0 Å². The summed E-state index contributed by atoms with van der Waals surface area (Å²) in [4.78, 5) is 30.2. The van der Waals surface area contributed by atoms with E-state index in [1.54, 1.807) is 0 Å². The lowest BCUT2D eigenvalue weighted by molar-refractivity contribution is -0.137. The largest absolute Gasteiger partial charge is 0.416 e. The summed E-state index contributed by atoms with van der Waals surface area (Å²) in [5.74, 6) is -0.762. The lowest BCUT2D eigenvalue weighted by Crippen LogP contribution is -2.43. The highest BCUT2D eigenvalue weighted by atomic mass is 19.4. The van der Waals surface area contributed by atoms with E-state index in [1.807, 2.05) is 4.90 Å². The fraction of sp³-hybridized carbons (Fsp3) is 0.556. The molecule has 0 saturated carbocycles. The standard InChI is InChI=1S/C18H23F4N3O3/c1-28-24-16(26)11-25-4-2-12(3-5-25)10-23-17(27)14-6-13(9-19)7-15(8-14)18(20,21)22/h6-8,12H,2-5,9-11H2,1H3,(H,23,27)(H,24,26). The number of hydrogen-bond acceptors (Lipinski definition) is 4. The van der Waals surface area contributed by atoms with Crippen LogP contribution < -0.4 is 10.8 Å². The van der Waals surface area contributed by atoms with Crippen LogP contribution in [0.2, 0.25) is 0 Å². The highest BCUT2D eigenvalue weighted by molar-refractivity contribution is 5.94. The molecule has 0 aromatic heterocycles. The maximum Gasteiger partial charge on any atom is 0.416 e. The molecule has 0 aliphatic carbocycles. The van der Waals surface area contributed by atoms with Gasteiger partial charge in [-0.1, -0.05) is 0 Å². The van der Waals surface area contributed by atoms with Crippen molar-refractivity contribution < 1.29 is 32.0 Å². The zero-order valence-electron chi connectivity index (χ0n) is 15.4. The van der Waals surface area contributed by atoms with Crippen molar-refractivity contribution in [3.8, 4) is 0 Å². The van der Waals surface area contributed by atoms with Crippen LogP contribution in [0, 0.1) is 5.92 Å². The molecule has 1 aromatic rings. The van der Waals surface area contributed by atoms with Gasteiger partial charge in [-0.2, -0.15) is 13.2 Å². The first-order valence-corrected chi connectivity index (χ1v) is 8.82. The zero-order valence-corrected chi connectivity index (χ0v) is 15.4. The summed E-state index contributed by atoms with van der Waals surface area (Å²) < 4.78 is 51.6. The van der Waals surface area contributed by atoms with Crippen LogP contribution >= 0.6 is 0 Å². The van der Waals surface area contributed by atoms with Crippen LogP contribution in [-0.2, 0) is 22.5 Å². The summed E-state index contributed by atoms with van der Waals surface area (Å²) >= 11 is 0. The number of hydroxylamine groups is 1. The van der Waals surface area contributed by atoms with Gasteiger partial charge in [0.2, 0.25) is 0 Å². The number of benzene rings is 1. The average molecular weight is 405 g/mol. The molecule has 1 saturated heterocycles. The number of nitrogens with one attached hydrogen (secondary N) is 2. The maximum absolute atomic E-state index is 12.9. The van der Waals surface area contributed by atoms with Crippen LogP contribution in [0.4, 0.5) is 17.6 Å². The van der Waals surface area contributed by atoms with Gasteiger partial charge in [0, 0.05) is 12.1 Å². The molecule has 28 heavy (non-hydrogen) atoms. The van der Waals surface area contributed by atoms with Crippen molar-refractivity contribution in [2.45, 2.75) is 25.7 Å². The third-order valence-electron chi connectivity index (χ3n) is 4.58. The summed E-state index contributed by atoms with van der Waals surface area (Å²) in [5, 5.41) is 2.63. The van der Waals surface area contributed by atoms with Gasteiger partial charge in [-0.3, -0.25) is 19.3 Å². The first kappa shape index (κ1) is 22.1. The Kier molecular flexibility index (Phi) is 7.76. The minimum atomic E-state index is -4.65. The van der Waals surface area contributed by atoms with E-state index in [0.29, 0.717) is 25.7 Å². The van der Waals surface area contributed by atoms with Crippen molar-refractivity contribution in [3.63, 3.8) is 0 Å². The van der Waals surface area contributed by atoms with Crippen molar-refractivity contribution in [3.05, 3.63) is 34.9 Å². The molecule has 156 valence electrons. The number of rotatable bonds is 7. The topological polar surface area (TPSA) is 70.7 Å². The third-order valence-corrected chi connectivity index (χ3v) is 4.58. The van der Waals surface area contributed by atoms with Crippen LogP contribution in [0.3, 0.4) is 0 Å². The molecule has 1 fully saturated rings. The van der Waals surface area contributed by atoms with E-state index in [-0.39, 0.29) is 29.5 Å². The second-order valence-electron chi connectivity index (χ2n) is 6.71. The smallest absolute Gasteiger partial charge is 0.352 e. The quantitative estimate of drug-likeness (QED) is 0.540. The number of hydrogen-bond donors (Lipinski definition) is 2. The number of amides is 2. The minimum Gasteiger partial charge on any atom is -0.352 e. The molecule has 0 unspecified atom stereocenters. The Hall–Kier alpha value is -2.20. The molecular formula is C18H23F4N3O3. The molecule has 6 nitrogen and oxygen atoms in total. The molecule has 1 aliphatic heterocycles. The van der Waals surface area contributed by atoms with Gasteiger partial charge in [-0.05, 0) is 55.6 Å². The van der Waals surface area contributed by atoms with Crippen molar-refractivity contribution in [2.24, 2.45) is 5.92 Å². The maximum atomic E-state index is 12.9. The Labute approximate surface area is 160 Å². The van der Waals surface area contributed by atoms with E-state index < -0.39 is 24.3 Å². The number of likely N-dealkylation sites (tertiary alicyclic amines) is 1. The first-order chi connectivity index (χ1) is 13.2. The second-order valence-corrected chi connectivity index (χ2v) is 6.71. The van der Waals surface area contributed by atoms with Crippen molar-refractivity contribution in [1.29, 1.82) is 0 Å². The van der Waals surface area contributed by atoms with Gasteiger partial charge >= 0.3 is 6.18 Å². The van der Waals surface area contributed by atoms with Gasteiger partial charge in [-0.25, -0.2) is 9.87 Å². The normalized spacial score (nSPS) is 16.0. The van der Waals surface area contributed by atoms with Gasteiger partial charge in [0.05, 0.1) is 19.2 Å². The summed E-state index contributed by atoms with van der Waals surface area (Å²) in [6, 6.07) is 2.55. The molecular weight excluding hydrogens is 382 g/mol. The van der Waals surface area contributed by atoms with Crippen LogP contribution in [0.25, 0.3) is 0 Å². The van der Waals surface area contributed by atoms with E-state index in [1.165, 1.54) is 7.11 Å². The first-order valence-electron chi connectivity index (χ1n) is 8.82. The fourth-order valence-electron chi connectivity index (χ4n) is 3.10. The zero-order chi connectivity index (χ0) is 20.7. The van der Waals surface area contributed by atoms with Crippen LogP contribution in [0.15, 0.2) is 18.2 Å². The molecule has 0 spiro atoms. The molecule has 10 heteroatoms. The average Bonchev–Trinajstić information content (AvgIpc) is 2.66. The Morgan fingerprint density at radius 2 is 1.89 bits per heavy atom. The van der Waals surface area contributed by atoms with Crippen molar-refractivity contribution in [2.75, 3.05) is 33.3 Å². The summed E-state index contributed by atoms with van der Waals surface area (Å²) in [6.07, 6.45) is -3.18. The third kappa shape index (κ3) is 6.45. The van der Waals surface area contributed by atoms with E-state index in [4.69, 9.17) is 0 Å². The Bertz CT molecular complexity index is 689. The number of piperidine rings is 1. The second kappa shape index (κ2) is 9.83. The number of carbonyl (C=O) groups is 2. The van der Waals surface area contributed by atoms with E-state index >= 15 is 0 Å². The highest BCUT2D eigenvalue weighted by Gasteiger charge is 2.32. The number of halogens is 4. The number of carbonyl (C=O) groups excluding carboxylic acids is 2. The van der Waals surface area contributed by atoms with Gasteiger partial charge in [0.1, 0.15) is 6.67 Å². The molecule has 0 bridgehead atoms. The molecule has 2 amide bonds. The Morgan fingerprint density at radius 1 is 1.21 bits per heavy atom. The van der Waals surface area contributed by atoms with Crippen LogP contribution in [0.1, 0.15) is 34.3 Å². The van der Waals surface area contributed by atoms with Gasteiger partial charge in [0.25, 0.3) is 11.8 Å². The molecule has 1 aromatic carbocycles. The number of alkyl halides is 4. The van der Waals surface area contributed by atoms with Gasteiger partial charge in [-0.15, -0.1) is 0 Å². The van der Waals surface area contributed by atoms with E-state index in [2.05, 4.69) is 15.6 Å². The highest BCUT2D eigenvalue weighted by Crippen LogP contribution is 2.31. The predicted molar refractivity (Wildman–Crippen MR) is 92.9 cm³/mol. The minimum absolute atomic E-state index is 0.150. The van der Waals surface area contributed by atoms with Crippen molar-refractivity contribution in [1.82, 2.24) is 15.7 Å². The van der Waals surface area contributed by atoms with E-state index in [9.17, 15) is 27.2 Å². The van der Waals surface area contributed by atoms with E-state index in [0.717, 1.165) is 25.0 Å². The van der Waals surface area contributed by atoms with Gasteiger partial charge in [0.15, 0.2) is 0 Å². The van der Waals surface area contributed by atoms with Gasteiger partial charge < -0.3 is 5.32 Å². The predicted octanol–water partition coefficient (Wildman–Crippen LogP) is 2.29. The number of nitrogens with zero attached hydrogens (tertiary/aromatic N) is 1. The Balaban J connectivity index is 1.87. The fourth-order valence-corrected chi connectivity index (χ4v) is 3.10. The molecule has 0 atom stereocenters. The molecule has 0 radical (unpaired) electrons.